The van der Waals surface area contributed by atoms with Crippen LogP contribution in [0.1, 0.15) is 29.7 Å². The van der Waals surface area contributed by atoms with E-state index >= 15 is 0 Å². The van der Waals surface area contributed by atoms with Crippen molar-refractivity contribution in [2.24, 2.45) is 0 Å². The van der Waals surface area contributed by atoms with Gasteiger partial charge in [0, 0.05) is 5.56 Å². The molecule has 3 nitrogen and oxygen atoms in total. The molecule has 1 heterocycles. The van der Waals surface area contributed by atoms with E-state index < -0.39 is 7.92 Å². The molecule has 4 heteroatoms. The highest BCUT2D eigenvalue weighted by Gasteiger charge is 2.25. The summed E-state index contributed by atoms with van der Waals surface area (Å²) in [4.78, 5) is 0. The summed E-state index contributed by atoms with van der Waals surface area (Å²) in [6, 6.07) is 45.5. The van der Waals surface area contributed by atoms with Gasteiger partial charge in [-0.1, -0.05) is 127 Å². The largest absolute Gasteiger partial charge is 0.362 e. The lowest BCUT2D eigenvalue weighted by Gasteiger charge is -2.24. The number of fused-ring (bicyclic) bond motifs is 1. The van der Waals surface area contributed by atoms with E-state index in [-0.39, 0.29) is 6.04 Å². The van der Waals surface area contributed by atoms with Crippen molar-refractivity contribution < 1.29 is 0 Å². The fourth-order valence-electron chi connectivity index (χ4n) is 5.29. The molecule has 0 fully saturated rings. The zero-order valence-electron chi connectivity index (χ0n) is 23.0. The lowest BCUT2D eigenvalue weighted by molar-refractivity contribution is 0.855. The molecule has 0 aliphatic rings. The number of aromatic nitrogens is 2. The molecular weight excluding hydrogens is 505 g/mol. The number of nitrogens with zero attached hydrogens (tertiary/aromatic N) is 2. The van der Waals surface area contributed by atoms with Crippen LogP contribution in [0.5, 0.6) is 0 Å². The van der Waals surface area contributed by atoms with Gasteiger partial charge in [-0.25, -0.2) is 0 Å². The number of hydrogen-bond acceptors (Lipinski definition) is 3. The molecule has 0 unspecified atom stereocenters. The first-order valence-electron chi connectivity index (χ1n) is 13.7. The van der Waals surface area contributed by atoms with Gasteiger partial charge in [0.25, 0.3) is 0 Å². The monoisotopic (exact) mass is 537 g/mol. The fraction of sp³-hybridized carbons (Fsp3) is 0.111. The molecule has 0 aliphatic carbocycles. The van der Waals surface area contributed by atoms with Gasteiger partial charge in [0.1, 0.15) is 0 Å². The Bertz CT molecular complexity index is 1710. The first-order chi connectivity index (χ1) is 19.6. The van der Waals surface area contributed by atoms with Gasteiger partial charge in [-0.05, 0) is 72.1 Å². The van der Waals surface area contributed by atoms with Gasteiger partial charge < -0.3 is 5.32 Å². The average molecular weight is 538 g/mol. The predicted molar refractivity (Wildman–Crippen MR) is 172 cm³/mol. The van der Waals surface area contributed by atoms with E-state index in [1.54, 1.807) is 0 Å². The van der Waals surface area contributed by atoms with Crippen LogP contribution in [0.15, 0.2) is 127 Å². The Balaban J connectivity index is 1.54. The zero-order chi connectivity index (χ0) is 27.5. The van der Waals surface area contributed by atoms with Crippen molar-refractivity contribution in [3.05, 3.63) is 144 Å². The van der Waals surface area contributed by atoms with E-state index in [0.29, 0.717) is 0 Å². The molecule has 0 amide bonds. The minimum Gasteiger partial charge on any atom is -0.362 e. The van der Waals surface area contributed by atoms with Crippen molar-refractivity contribution in [1.82, 2.24) is 10.2 Å². The van der Waals surface area contributed by atoms with Crippen LogP contribution in [-0.2, 0) is 0 Å². The summed E-state index contributed by atoms with van der Waals surface area (Å²) in [5.41, 5.74) is 5.61. The van der Waals surface area contributed by atoms with Gasteiger partial charge in [-0.15, -0.1) is 10.2 Å². The van der Waals surface area contributed by atoms with Crippen LogP contribution in [0, 0.1) is 13.8 Å². The van der Waals surface area contributed by atoms with E-state index in [0.717, 1.165) is 22.6 Å². The zero-order valence-corrected chi connectivity index (χ0v) is 23.9. The summed E-state index contributed by atoms with van der Waals surface area (Å²) in [5, 5.41) is 19.7. The van der Waals surface area contributed by atoms with Crippen LogP contribution in [-0.4, -0.2) is 10.2 Å². The van der Waals surface area contributed by atoms with Crippen molar-refractivity contribution in [3.8, 4) is 11.3 Å². The second kappa shape index (κ2) is 11.4. The minimum absolute atomic E-state index is 0.122. The summed E-state index contributed by atoms with van der Waals surface area (Å²) in [5.74, 6) is 0.827. The number of rotatable bonds is 7. The fourth-order valence-corrected chi connectivity index (χ4v) is 7.76. The Labute approximate surface area is 237 Å². The molecule has 0 saturated carbocycles. The summed E-state index contributed by atoms with van der Waals surface area (Å²) >= 11 is 0. The molecule has 196 valence electrons. The molecule has 1 atom stereocenters. The summed E-state index contributed by atoms with van der Waals surface area (Å²) in [6.45, 7) is 6.49. The molecule has 6 rings (SSSR count). The summed E-state index contributed by atoms with van der Waals surface area (Å²) < 4.78 is 0. The Hall–Kier alpha value is -4.33. The lowest BCUT2D eigenvalue weighted by atomic mass is 9.97. The second-order valence-electron chi connectivity index (χ2n) is 10.1. The average Bonchev–Trinajstić information content (AvgIpc) is 3.01. The standard InChI is InChI=1S/C36H32N3P/c1-25-26(2)36(37-27(3)28-15-7-4-8-16-28)39-38-35(25)34-32-22-14-13-17-29(32)23-24-33(34)40(30-18-9-5-10-19-30)31-20-11-6-12-21-31/h4-24,27H,1-3H3,(H,37,39)/t27-/m0/s1. The minimum atomic E-state index is -0.821. The van der Waals surface area contributed by atoms with Gasteiger partial charge in [0.15, 0.2) is 5.82 Å². The molecule has 5 aromatic carbocycles. The van der Waals surface area contributed by atoms with Gasteiger partial charge >= 0.3 is 0 Å². The normalized spacial score (nSPS) is 12.0. The molecular formula is C36H32N3P. The maximum Gasteiger partial charge on any atom is 0.152 e. The third-order valence-corrected chi connectivity index (χ3v) is 10.1. The first-order valence-corrected chi connectivity index (χ1v) is 15.0. The van der Waals surface area contributed by atoms with E-state index in [9.17, 15) is 0 Å². The molecule has 6 aromatic rings. The van der Waals surface area contributed by atoms with Crippen molar-refractivity contribution in [2.45, 2.75) is 26.8 Å². The number of hydrogen-bond donors (Lipinski definition) is 1. The third-order valence-electron chi connectivity index (χ3n) is 7.59. The predicted octanol–water partition coefficient (Wildman–Crippen LogP) is 7.84. The van der Waals surface area contributed by atoms with Crippen molar-refractivity contribution in [3.63, 3.8) is 0 Å². The highest BCUT2D eigenvalue weighted by molar-refractivity contribution is 7.80. The van der Waals surface area contributed by atoms with Crippen LogP contribution < -0.4 is 21.2 Å². The molecule has 0 saturated heterocycles. The quantitative estimate of drug-likeness (QED) is 0.211. The molecule has 0 spiro atoms. The Kier molecular flexibility index (Phi) is 7.40. The van der Waals surface area contributed by atoms with E-state index in [2.05, 4.69) is 147 Å². The maximum absolute atomic E-state index is 4.93. The summed E-state index contributed by atoms with van der Waals surface area (Å²) in [7, 11) is -0.821. The van der Waals surface area contributed by atoms with Gasteiger partial charge in [-0.2, -0.15) is 0 Å². The summed E-state index contributed by atoms with van der Waals surface area (Å²) in [6.07, 6.45) is 0. The highest BCUT2D eigenvalue weighted by atomic mass is 31.1. The molecule has 1 aromatic heterocycles. The van der Waals surface area contributed by atoms with Crippen molar-refractivity contribution >= 4 is 40.4 Å². The van der Waals surface area contributed by atoms with Gasteiger partial charge in [-0.3, -0.25) is 0 Å². The lowest BCUT2D eigenvalue weighted by Crippen LogP contribution is -2.23. The number of benzene rings is 5. The Morgan fingerprint density at radius 2 is 1.18 bits per heavy atom. The third kappa shape index (κ3) is 5.01. The highest BCUT2D eigenvalue weighted by Crippen LogP contribution is 2.41. The van der Waals surface area contributed by atoms with E-state index in [1.165, 1.54) is 37.8 Å². The van der Waals surface area contributed by atoms with Crippen LogP contribution in [0.3, 0.4) is 0 Å². The maximum atomic E-state index is 4.93. The Morgan fingerprint density at radius 1 is 0.600 bits per heavy atom. The van der Waals surface area contributed by atoms with E-state index in [1.807, 2.05) is 6.07 Å². The topological polar surface area (TPSA) is 37.8 Å². The van der Waals surface area contributed by atoms with E-state index in [4.69, 9.17) is 10.2 Å². The van der Waals surface area contributed by atoms with Crippen LogP contribution in [0.2, 0.25) is 0 Å². The van der Waals surface area contributed by atoms with Crippen LogP contribution >= 0.6 is 7.92 Å². The van der Waals surface area contributed by atoms with Gasteiger partial charge in [0.2, 0.25) is 0 Å². The number of anilines is 1. The SMILES string of the molecule is Cc1c(N[C@@H](C)c2ccccc2)nnc(-c2c(P(c3ccccc3)c3ccccc3)ccc3ccccc23)c1C. The number of nitrogens with one attached hydrogen (secondary N) is 1. The molecule has 1 N–H and O–H groups in total. The molecule has 0 aliphatic heterocycles. The Morgan fingerprint density at radius 3 is 1.82 bits per heavy atom. The molecule has 0 radical (unpaired) electrons. The molecule has 40 heavy (non-hydrogen) atoms. The smallest absolute Gasteiger partial charge is 0.152 e. The van der Waals surface area contributed by atoms with Gasteiger partial charge in [0.05, 0.1) is 11.7 Å². The van der Waals surface area contributed by atoms with Crippen molar-refractivity contribution in [2.75, 3.05) is 5.32 Å². The van der Waals surface area contributed by atoms with Crippen LogP contribution in [0.4, 0.5) is 5.82 Å². The van der Waals surface area contributed by atoms with Crippen LogP contribution in [0.25, 0.3) is 22.0 Å². The van der Waals surface area contributed by atoms with Crippen molar-refractivity contribution in [1.29, 1.82) is 0 Å². The second-order valence-corrected chi connectivity index (χ2v) is 12.3. The molecule has 0 bridgehead atoms. The first kappa shape index (κ1) is 25.9.